The van der Waals surface area contributed by atoms with Crippen molar-refractivity contribution in [3.63, 3.8) is 0 Å². The van der Waals surface area contributed by atoms with Gasteiger partial charge in [0.2, 0.25) is 0 Å². The first-order valence-corrected chi connectivity index (χ1v) is 12.1. The number of anilines is 2. The van der Waals surface area contributed by atoms with E-state index in [1.165, 1.54) is 25.7 Å². The lowest BCUT2D eigenvalue weighted by Crippen LogP contribution is -2.22. The molecule has 0 aliphatic heterocycles. The molecule has 0 saturated heterocycles. The Hall–Kier alpha value is -2.87. The Morgan fingerprint density at radius 2 is 1.97 bits per heavy atom. The first-order valence-electron chi connectivity index (χ1n) is 12.1. The maximum absolute atomic E-state index is 13.3. The van der Waals surface area contributed by atoms with E-state index < -0.39 is 5.60 Å². The highest BCUT2D eigenvalue weighted by Crippen LogP contribution is 2.35. The minimum atomic E-state index is -1.17. The van der Waals surface area contributed by atoms with Crippen molar-refractivity contribution in [1.29, 1.82) is 0 Å². The number of carbonyl (C=O) groups excluding carboxylic acids is 1. The molecule has 176 valence electrons. The second-order valence-electron chi connectivity index (χ2n) is 10.4. The van der Waals surface area contributed by atoms with Gasteiger partial charge in [0.05, 0.1) is 29.0 Å². The van der Waals surface area contributed by atoms with E-state index >= 15 is 0 Å². The number of carbonyl (C=O) groups is 1. The van der Waals surface area contributed by atoms with Crippen LogP contribution in [-0.2, 0) is 5.60 Å². The predicted octanol–water partition coefficient (Wildman–Crippen LogP) is 4.58. The van der Waals surface area contributed by atoms with Gasteiger partial charge < -0.3 is 15.7 Å². The molecule has 0 unspecified atom stereocenters. The van der Waals surface area contributed by atoms with Gasteiger partial charge >= 0.3 is 0 Å². The Labute approximate surface area is 194 Å². The molecule has 2 saturated carbocycles. The zero-order chi connectivity index (χ0) is 23.2. The maximum atomic E-state index is 13.3. The molecular formula is C25H34N6O2. The smallest absolute Gasteiger partial charge is 0.259 e. The van der Waals surface area contributed by atoms with Crippen LogP contribution in [0.2, 0.25) is 0 Å². The monoisotopic (exact) mass is 450 g/mol. The molecule has 3 aromatic rings. The molecule has 0 aromatic carbocycles. The van der Waals surface area contributed by atoms with E-state index in [4.69, 9.17) is 5.10 Å². The van der Waals surface area contributed by atoms with Crippen LogP contribution in [0.3, 0.4) is 0 Å². The average Bonchev–Trinajstić information content (AvgIpc) is 3.35. The summed E-state index contributed by atoms with van der Waals surface area (Å²) < 4.78 is 3.64. The average molecular weight is 451 g/mol. The number of aliphatic hydroxyl groups is 1. The van der Waals surface area contributed by atoms with Crippen molar-refractivity contribution < 1.29 is 9.90 Å². The third-order valence-electron chi connectivity index (χ3n) is 6.98. The van der Waals surface area contributed by atoms with Gasteiger partial charge in [0.15, 0.2) is 0 Å². The van der Waals surface area contributed by atoms with Gasteiger partial charge in [-0.1, -0.05) is 6.92 Å². The van der Waals surface area contributed by atoms with Crippen LogP contribution in [0.15, 0.2) is 30.7 Å². The van der Waals surface area contributed by atoms with Crippen LogP contribution >= 0.6 is 0 Å². The van der Waals surface area contributed by atoms with Gasteiger partial charge in [-0.15, -0.1) is 0 Å². The number of pyridine rings is 1. The quantitative estimate of drug-likeness (QED) is 0.489. The summed E-state index contributed by atoms with van der Waals surface area (Å²) in [6, 6.07) is 4.24. The van der Waals surface area contributed by atoms with Gasteiger partial charge in [-0.2, -0.15) is 10.2 Å². The molecule has 1 amide bonds. The molecule has 3 heterocycles. The van der Waals surface area contributed by atoms with Crippen molar-refractivity contribution in [3.05, 3.63) is 42.0 Å². The molecule has 0 atom stereocenters. The first kappa shape index (κ1) is 21.9. The summed E-state index contributed by atoms with van der Waals surface area (Å²) in [5.74, 6) is 1.24. The third-order valence-corrected chi connectivity index (χ3v) is 6.98. The molecule has 33 heavy (non-hydrogen) atoms. The summed E-state index contributed by atoms with van der Waals surface area (Å²) in [4.78, 5) is 13.3. The normalized spacial score (nSPS) is 21.3. The first-order chi connectivity index (χ1) is 15.8. The fourth-order valence-corrected chi connectivity index (χ4v) is 4.67. The third kappa shape index (κ3) is 4.76. The number of hydrogen-bond donors (Lipinski definition) is 3. The van der Waals surface area contributed by atoms with Gasteiger partial charge in [0, 0.05) is 24.6 Å². The van der Waals surface area contributed by atoms with Crippen LogP contribution < -0.4 is 10.6 Å². The van der Waals surface area contributed by atoms with E-state index in [0.717, 1.165) is 42.4 Å². The van der Waals surface area contributed by atoms with Crippen LogP contribution in [0.4, 0.5) is 11.4 Å². The molecule has 2 fully saturated rings. The van der Waals surface area contributed by atoms with Gasteiger partial charge in [0.25, 0.3) is 5.91 Å². The largest absolute Gasteiger partial charge is 0.385 e. The van der Waals surface area contributed by atoms with E-state index in [9.17, 15) is 9.90 Å². The Balaban J connectivity index is 1.39. The van der Waals surface area contributed by atoms with Gasteiger partial charge in [0.1, 0.15) is 11.3 Å². The van der Waals surface area contributed by atoms with E-state index in [-0.39, 0.29) is 5.91 Å². The molecule has 0 spiro atoms. The molecule has 2 aliphatic carbocycles. The minimum absolute atomic E-state index is 0.258. The molecule has 5 rings (SSSR count). The van der Waals surface area contributed by atoms with Crippen molar-refractivity contribution in [3.8, 4) is 0 Å². The summed E-state index contributed by atoms with van der Waals surface area (Å²) in [7, 11) is 0. The highest BCUT2D eigenvalue weighted by atomic mass is 16.3. The summed E-state index contributed by atoms with van der Waals surface area (Å²) in [6.45, 7) is 6.65. The second kappa shape index (κ2) is 8.48. The number of hydrogen-bond acceptors (Lipinski definition) is 5. The van der Waals surface area contributed by atoms with Gasteiger partial charge in [-0.3, -0.25) is 9.48 Å². The summed E-state index contributed by atoms with van der Waals surface area (Å²) in [5.41, 5.74) is 2.08. The fourth-order valence-electron chi connectivity index (χ4n) is 4.67. The van der Waals surface area contributed by atoms with Crippen molar-refractivity contribution in [2.45, 2.75) is 70.9 Å². The topological polar surface area (TPSA) is 96.5 Å². The van der Waals surface area contributed by atoms with E-state index in [1.54, 1.807) is 24.6 Å². The summed E-state index contributed by atoms with van der Waals surface area (Å²) >= 11 is 0. The molecule has 0 radical (unpaired) electrons. The van der Waals surface area contributed by atoms with Crippen LogP contribution in [0.25, 0.3) is 5.52 Å². The number of nitrogens with zero attached hydrogens (tertiary/aromatic N) is 4. The van der Waals surface area contributed by atoms with Crippen LogP contribution in [0, 0.1) is 11.8 Å². The SMILES string of the molecule is CC1CCC(n2cc(NC(=O)c3cnn4ccc(NCC5CC5)cc34)c(C(C)(C)O)n2)CC1. The number of aromatic nitrogens is 4. The van der Waals surface area contributed by atoms with E-state index in [0.29, 0.717) is 23.0 Å². The van der Waals surface area contributed by atoms with Gasteiger partial charge in [-0.05, 0) is 76.3 Å². The van der Waals surface area contributed by atoms with Crippen molar-refractivity contribution >= 4 is 22.8 Å². The predicted molar refractivity (Wildman–Crippen MR) is 128 cm³/mol. The Morgan fingerprint density at radius 1 is 1.21 bits per heavy atom. The Morgan fingerprint density at radius 3 is 2.67 bits per heavy atom. The van der Waals surface area contributed by atoms with Crippen LogP contribution in [0.1, 0.15) is 81.4 Å². The van der Waals surface area contributed by atoms with Crippen LogP contribution in [0.5, 0.6) is 0 Å². The highest BCUT2D eigenvalue weighted by molar-refractivity contribution is 6.09. The number of rotatable bonds is 7. The lowest BCUT2D eigenvalue weighted by Gasteiger charge is -2.26. The standard InChI is InChI=1S/C25H34N6O2/c1-16-4-8-19(9-5-16)31-15-21(23(29-31)25(2,3)33)28-24(32)20-14-27-30-11-10-18(12-22(20)30)26-13-17-6-7-17/h10-12,14-17,19,26,33H,4-9,13H2,1-3H3,(H,28,32). The lowest BCUT2D eigenvalue weighted by atomic mass is 9.87. The van der Waals surface area contributed by atoms with Crippen LogP contribution in [-0.4, -0.2) is 37.0 Å². The highest BCUT2D eigenvalue weighted by Gasteiger charge is 2.29. The van der Waals surface area contributed by atoms with Crippen molar-refractivity contribution in [2.75, 3.05) is 17.2 Å². The molecular weight excluding hydrogens is 416 g/mol. The Bertz CT molecular complexity index is 1150. The molecule has 3 aromatic heterocycles. The molecule has 8 nitrogen and oxygen atoms in total. The fraction of sp³-hybridized carbons (Fsp3) is 0.560. The number of amides is 1. The van der Waals surface area contributed by atoms with E-state index in [2.05, 4.69) is 22.7 Å². The Kier molecular flexibility index (Phi) is 5.64. The molecule has 0 bridgehead atoms. The number of fused-ring (bicyclic) bond motifs is 1. The van der Waals surface area contributed by atoms with Crippen molar-refractivity contribution in [1.82, 2.24) is 19.4 Å². The van der Waals surface area contributed by atoms with Crippen molar-refractivity contribution in [2.24, 2.45) is 11.8 Å². The molecule has 2 aliphatic rings. The number of nitrogens with one attached hydrogen (secondary N) is 2. The second-order valence-corrected chi connectivity index (χ2v) is 10.4. The maximum Gasteiger partial charge on any atom is 0.259 e. The molecule has 8 heteroatoms. The van der Waals surface area contributed by atoms with E-state index in [1.807, 2.05) is 29.2 Å². The summed E-state index contributed by atoms with van der Waals surface area (Å²) in [5, 5.41) is 26.2. The zero-order valence-corrected chi connectivity index (χ0v) is 19.7. The molecule has 3 N–H and O–H groups in total. The lowest BCUT2D eigenvalue weighted by molar-refractivity contribution is 0.0730. The van der Waals surface area contributed by atoms with Gasteiger partial charge in [-0.25, -0.2) is 4.52 Å². The zero-order valence-electron chi connectivity index (χ0n) is 19.7. The minimum Gasteiger partial charge on any atom is -0.385 e. The summed E-state index contributed by atoms with van der Waals surface area (Å²) in [6.07, 6.45) is 12.4.